The summed E-state index contributed by atoms with van der Waals surface area (Å²) in [6.45, 7) is -2.83. The average molecular weight is 389 g/mol. The lowest BCUT2D eigenvalue weighted by Crippen LogP contribution is -2.53. The van der Waals surface area contributed by atoms with Gasteiger partial charge in [0.15, 0.2) is 6.67 Å². The molecule has 0 aromatic heterocycles. The molecule has 0 spiro atoms. The van der Waals surface area contributed by atoms with Gasteiger partial charge in [-0.1, -0.05) is 11.6 Å². The average Bonchev–Trinajstić information content (AvgIpc) is 2.32. The van der Waals surface area contributed by atoms with Crippen molar-refractivity contribution < 1.29 is 30.7 Å². The third kappa shape index (κ3) is 2.57. The van der Waals surface area contributed by atoms with E-state index in [1.165, 1.54) is 0 Å². The monoisotopic (exact) mass is 387 g/mol. The minimum atomic E-state index is -6.05. The second-order valence-electron chi connectivity index (χ2n) is 3.85. The van der Waals surface area contributed by atoms with Crippen molar-refractivity contribution in [2.45, 2.75) is 17.8 Å². The van der Waals surface area contributed by atoms with Crippen molar-refractivity contribution in [3.8, 4) is 0 Å². The molecule has 0 fully saturated rings. The molecule has 1 unspecified atom stereocenters. The van der Waals surface area contributed by atoms with Crippen molar-refractivity contribution in [1.29, 1.82) is 0 Å². The summed E-state index contributed by atoms with van der Waals surface area (Å²) in [6.07, 6.45) is -6.05. The van der Waals surface area contributed by atoms with Gasteiger partial charge in [0.1, 0.15) is 0 Å². The molecule has 0 saturated heterocycles. The van der Waals surface area contributed by atoms with Gasteiger partial charge in [0, 0.05) is 10.0 Å². The number of nitrogens with two attached hydrogens (primary N) is 1. The van der Waals surface area contributed by atoms with Gasteiger partial charge in [-0.3, -0.25) is 0 Å². The second kappa shape index (κ2) is 5.25. The quantitative estimate of drug-likeness (QED) is 0.571. The van der Waals surface area contributed by atoms with Crippen LogP contribution in [0.2, 0.25) is 5.02 Å². The van der Waals surface area contributed by atoms with Crippen LogP contribution >= 0.6 is 27.5 Å². The number of hydrogen-bond donors (Lipinski definition) is 1. The maximum absolute atomic E-state index is 14.1. The van der Waals surface area contributed by atoms with Gasteiger partial charge in [-0.15, -0.1) is 0 Å². The molecule has 0 radical (unpaired) electrons. The Morgan fingerprint density at radius 2 is 1.60 bits per heavy atom. The van der Waals surface area contributed by atoms with E-state index in [2.05, 4.69) is 15.9 Å². The SMILES string of the molecule is Nc1c(Cl)cc(C(F)(C(F)(F)F)C(F)(F)CF)cc1Br. The van der Waals surface area contributed by atoms with Crippen LogP contribution in [0.4, 0.5) is 36.4 Å². The van der Waals surface area contributed by atoms with E-state index < -0.39 is 35.0 Å². The van der Waals surface area contributed by atoms with Crippen LogP contribution in [0.5, 0.6) is 0 Å². The van der Waals surface area contributed by atoms with E-state index in [4.69, 9.17) is 17.3 Å². The van der Waals surface area contributed by atoms with Gasteiger partial charge < -0.3 is 5.73 Å². The van der Waals surface area contributed by atoms with Gasteiger partial charge in [0.05, 0.1) is 10.7 Å². The highest BCUT2D eigenvalue weighted by molar-refractivity contribution is 9.10. The largest absolute Gasteiger partial charge is 0.432 e. The number of anilines is 1. The van der Waals surface area contributed by atoms with Gasteiger partial charge in [0.25, 0.3) is 5.67 Å². The number of benzene rings is 1. The molecule has 0 saturated carbocycles. The van der Waals surface area contributed by atoms with Crippen molar-refractivity contribution in [2.24, 2.45) is 0 Å². The first-order valence-corrected chi connectivity index (χ1v) is 6.00. The standard InChI is InChI=1S/C10H6BrClF7N/c11-5-1-4(2-6(12)7(5)20)9(16,10(17,18)19)8(14,15)3-13/h1-2H,3,20H2. The molecule has 0 aliphatic rings. The van der Waals surface area contributed by atoms with Crippen LogP contribution in [-0.4, -0.2) is 18.8 Å². The van der Waals surface area contributed by atoms with E-state index in [1.807, 2.05) is 0 Å². The maximum atomic E-state index is 14.1. The minimum Gasteiger partial charge on any atom is -0.397 e. The first-order valence-electron chi connectivity index (χ1n) is 4.83. The number of alkyl halides is 7. The highest BCUT2D eigenvalue weighted by Crippen LogP contribution is 2.53. The summed E-state index contributed by atoms with van der Waals surface area (Å²) in [4.78, 5) is 0. The summed E-state index contributed by atoms with van der Waals surface area (Å²) in [5.41, 5.74) is -1.73. The molecule has 1 nitrogen and oxygen atoms in total. The van der Waals surface area contributed by atoms with E-state index >= 15 is 0 Å². The summed E-state index contributed by atoms with van der Waals surface area (Å²) >= 11 is 8.10. The molecule has 0 aliphatic carbocycles. The van der Waals surface area contributed by atoms with E-state index in [-0.39, 0.29) is 10.2 Å². The fourth-order valence-corrected chi connectivity index (χ4v) is 2.25. The molecule has 1 aromatic carbocycles. The molecule has 1 rings (SSSR count). The van der Waals surface area contributed by atoms with Crippen molar-refractivity contribution in [3.05, 3.63) is 27.2 Å². The van der Waals surface area contributed by atoms with Gasteiger partial charge in [0.2, 0.25) is 0 Å². The van der Waals surface area contributed by atoms with E-state index in [9.17, 15) is 30.7 Å². The fourth-order valence-electron chi connectivity index (χ4n) is 1.46. The number of halogens is 9. The van der Waals surface area contributed by atoms with E-state index in [0.717, 1.165) is 0 Å². The third-order valence-electron chi connectivity index (χ3n) is 2.54. The highest BCUT2D eigenvalue weighted by atomic mass is 79.9. The predicted octanol–water partition coefficient (Wildman–Crippen LogP) is 5.02. The first-order chi connectivity index (χ1) is 8.88. The number of nitrogen functional groups attached to an aromatic ring is 1. The van der Waals surface area contributed by atoms with Crippen LogP contribution < -0.4 is 5.73 Å². The zero-order valence-corrected chi connectivity index (χ0v) is 11.7. The summed E-state index contributed by atoms with van der Waals surface area (Å²) in [5.74, 6) is -5.32. The molecular formula is C10H6BrClF7N. The summed E-state index contributed by atoms with van der Waals surface area (Å²) < 4.78 is 90.5. The highest BCUT2D eigenvalue weighted by Gasteiger charge is 2.72. The van der Waals surface area contributed by atoms with Crippen molar-refractivity contribution in [1.82, 2.24) is 0 Å². The van der Waals surface area contributed by atoms with Crippen LogP contribution in [-0.2, 0) is 5.67 Å². The van der Waals surface area contributed by atoms with Crippen molar-refractivity contribution >= 4 is 33.2 Å². The molecule has 10 heteroatoms. The molecule has 1 atom stereocenters. The molecule has 0 bridgehead atoms. The zero-order valence-electron chi connectivity index (χ0n) is 9.34. The van der Waals surface area contributed by atoms with E-state index in [0.29, 0.717) is 12.1 Å². The molecule has 20 heavy (non-hydrogen) atoms. The smallest absolute Gasteiger partial charge is 0.397 e. The van der Waals surface area contributed by atoms with Crippen LogP contribution in [0, 0.1) is 0 Å². The topological polar surface area (TPSA) is 26.0 Å². The lowest BCUT2D eigenvalue weighted by atomic mass is 9.88. The van der Waals surface area contributed by atoms with Crippen LogP contribution in [0.15, 0.2) is 16.6 Å². The van der Waals surface area contributed by atoms with Crippen molar-refractivity contribution in [3.63, 3.8) is 0 Å². The van der Waals surface area contributed by atoms with Gasteiger partial charge in [-0.05, 0) is 28.1 Å². The lowest BCUT2D eigenvalue weighted by molar-refractivity contribution is -0.312. The Kier molecular flexibility index (Phi) is 4.55. The molecule has 0 heterocycles. The van der Waals surface area contributed by atoms with Crippen LogP contribution in [0.25, 0.3) is 0 Å². The minimum absolute atomic E-state index is 0.261. The summed E-state index contributed by atoms with van der Waals surface area (Å²) in [7, 11) is 0. The van der Waals surface area contributed by atoms with Gasteiger partial charge >= 0.3 is 12.1 Å². The molecule has 0 amide bonds. The van der Waals surface area contributed by atoms with Crippen LogP contribution in [0.3, 0.4) is 0 Å². The summed E-state index contributed by atoms with van der Waals surface area (Å²) in [5, 5.41) is -0.574. The second-order valence-corrected chi connectivity index (χ2v) is 5.11. The number of hydrogen-bond acceptors (Lipinski definition) is 1. The maximum Gasteiger partial charge on any atom is 0.432 e. The predicted molar refractivity (Wildman–Crippen MR) is 63.3 cm³/mol. The zero-order chi connectivity index (χ0) is 15.9. The first kappa shape index (κ1) is 17.4. The molecule has 114 valence electrons. The van der Waals surface area contributed by atoms with Crippen molar-refractivity contribution in [2.75, 3.05) is 12.4 Å². The molecular weight excluding hydrogens is 382 g/mol. The molecule has 2 N–H and O–H groups in total. The molecule has 1 aromatic rings. The Bertz CT molecular complexity index is 496. The molecule has 0 aliphatic heterocycles. The Morgan fingerprint density at radius 3 is 1.95 bits per heavy atom. The van der Waals surface area contributed by atoms with Gasteiger partial charge in [-0.25, -0.2) is 8.78 Å². The third-order valence-corrected chi connectivity index (χ3v) is 3.51. The van der Waals surface area contributed by atoms with Gasteiger partial charge in [-0.2, -0.15) is 22.0 Å². The fraction of sp³-hybridized carbons (Fsp3) is 0.400. The Morgan fingerprint density at radius 1 is 1.10 bits per heavy atom. The Labute approximate surface area is 122 Å². The van der Waals surface area contributed by atoms with E-state index in [1.54, 1.807) is 0 Å². The Hall–Kier alpha value is -0.700. The lowest BCUT2D eigenvalue weighted by Gasteiger charge is -2.34. The number of rotatable bonds is 3. The normalized spacial score (nSPS) is 16.1. The summed E-state index contributed by atoms with van der Waals surface area (Å²) in [6, 6.07) is 0.678. The Balaban J connectivity index is 3.64. The van der Waals surface area contributed by atoms with Crippen LogP contribution in [0.1, 0.15) is 5.56 Å².